The minimum absolute atomic E-state index is 0.0199. The van der Waals surface area contributed by atoms with E-state index in [0.717, 1.165) is 12.1 Å². The van der Waals surface area contributed by atoms with Gasteiger partial charge in [0.05, 0.1) is 10.9 Å². The molecule has 0 spiro atoms. The molecule has 0 N–H and O–H groups in total. The molecular formula is C20H17F3O3. The highest BCUT2D eigenvalue weighted by Gasteiger charge is 2.30. The van der Waals surface area contributed by atoms with E-state index in [2.05, 4.69) is 0 Å². The van der Waals surface area contributed by atoms with Crippen molar-refractivity contribution in [2.45, 2.75) is 33.1 Å². The van der Waals surface area contributed by atoms with Gasteiger partial charge in [0.25, 0.3) is 0 Å². The number of rotatable bonds is 4. The fourth-order valence-electron chi connectivity index (χ4n) is 2.71. The van der Waals surface area contributed by atoms with E-state index in [1.807, 2.05) is 6.92 Å². The SMILES string of the molecule is CCc1cc(=O)c2ccc(OCc3cccc(C(F)(F)F)c3)c(C)c2o1. The molecule has 26 heavy (non-hydrogen) atoms. The average Bonchev–Trinajstić information content (AvgIpc) is 2.61. The van der Waals surface area contributed by atoms with E-state index in [0.29, 0.717) is 40.0 Å². The second-order valence-corrected chi connectivity index (χ2v) is 5.98. The zero-order valence-corrected chi connectivity index (χ0v) is 14.3. The van der Waals surface area contributed by atoms with Crippen molar-refractivity contribution in [3.05, 3.63) is 75.1 Å². The molecule has 0 bridgehead atoms. The summed E-state index contributed by atoms with van der Waals surface area (Å²) in [6.07, 6.45) is -3.81. The summed E-state index contributed by atoms with van der Waals surface area (Å²) >= 11 is 0. The summed E-state index contributed by atoms with van der Waals surface area (Å²) in [6.45, 7) is 3.62. The Labute approximate surface area is 148 Å². The summed E-state index contributed by atoms with van der Waals surface area (Å²) in [5.74, 6) is 1.03. The van der Waals surface area contributed by atoms with Crippen LogP contribution in [0, 0.1) is 6.92 Å². The first kappa shape index (κ1) is 18.0. The van der Waals surface area contributed by atoms with Crippen LogP contribution in [-0.4, -0.2) is 0 Å². The third kappa shape index (κ3) is 3.59. The third-order valence-electron chi connectivity index (χ3n) is 4.14. The van der Waals surface area contributed by atoms with Crippen LogP contribution in [0.1, 0.15) is 29.4 Å². The molecule has 1 heterocycles. The molecule has 136 valence electrons. The Kier molecular flexibility index (Phi) is 4.76. The number of aryl methyl sites for hydroxylation is 2. The fraction of sp³-hybridized carbons (Fsp3) is 0.250. The predicted molar refractivity (Wildman–Crippen MR) is 92.4 cm³/mol. The van der Waals surface area contributed by atoms with Crippen molar-refractivity contribution in [1.82, 2.24) is 0 Å². The molecule has 3 nitrogen and oxygen atoms in total. The number of alkyl halides is 3. The lowest BCUT2D eigenvalue weighted by Crippen LogP contribution is -2.07. The van der Waals surface area contributed by atoms with Crippen molar-refractivity contribution in [1.29, 1.82) is 0 Å². The summed E-state index contributed by atoms with van der Waals surface area (Å²) < 4.78 is 49.8. The molecule has 0 amide bonds. The number of hydrogen-bond acceptors (Lipinski definition) is 3. The van der Waals surface area contributed by atoms with E-state index >= 15 is 0 Å². The van der Waals surface area contributed by atoms with Gasteiger partial charge in [-0.15, -0.1) is 0 Å². The van der Waals surface area contributed by atoms with Crippen LogP contribution in [0.15, 0.2) is 51.7 Å². The van der Waals surface area contributed by atoms with E-state index in [4.69, 9.17) is 9.15 Å². The smallest absolute Gasteiger partial charge is 0.416 e. The molecular weight excluding hydrogens is 345 g/mol. The standard InChI is InChI=1S/C20H17F3O3/c1-3-15-10-17(24)16-7-8-18(12(2)19(16)26-15)25-11-13-5-4-6-14(9-13)20(21,22)23/h4-10H,3,11H2,1-2H3. The van der Waals surface area contributed by atoms with Crippen molar-refractivity contribution in [3.8, 4) is 5.75 Å². The van der Waals surface area contributed by atoms with Gasteiger partial charge in [0.1, 0.15) is 23.7 Å². The summed E-state index contributed by atoms with van der Waals surface area (Å²) in [4.78, 5) is 12.1. The number of ether oxygens (including phenoxy) is 1. The normalized spacial score (nSPS) is 11.7. The molecule has 0 aliphatic heterocycles. The highest BCUT2D eigenvalue weighted by atomic mass is 19.4. The van der Waals surface area contributed by atoms with Crippen molar-refractivity contribution >= 4 is 11.0 Å². The first-order chi connectivity index (χ1) is 12.3. The Morgan fingerprint density at radius 3 is 2.58 bits per heavy atom. The van der Waals surface area contributed by atoms with Crippen LogP contribution < -0.4 is 10.2 Å². The highest BCUT2D eigenvalue weighted by Crippen LogP contribution is 2.30. The van der Waals surface area contributed by atoms with Gasteiger partial charge in [0.15, 0.2) is 5.43 Å². The zero-order chi connectivity index (χ0) is 18.9. The van der Waals surface area contributed by atoms with Crippen LogP contribution in [0.25, 0.3) is 11.0 Å². The van der Waals surface area contributed by atoms with Crippen molar-refractivity contribution in [2.75, 3.05) is 0 Å². The quantitative estimate of drug-likeness (QED) is 0.635. The molecule has 0 atom stereocenters. The molecule has 3 rings (SSSR count). The van der Waals surface area contributed by atoms with E-state index in [9.17, 15) is 18.0 Å². The zero-order valence-electron chi connectivity index (χ0n) is 14.3. The summed E-state index contributed by atoms with van der Waals surface area (Å²) in [6, 6.07) is 9.70. The molecule has 6 heteroatoms. The van der Waals surface area contributed by atoms with Crippen LogP contribution in [-0.2, 0) is 19.2 Å². The van der Waals surface area contributed by atoms with Gasteiger partial charge >= 0.3 is 6.18 Å². The maximum Gasteiger partial charge on any atom is 0.416 e. The number of benzene rings is 2. The van der Waals surface area contributed by atoms with Gasteiger partial charge in [-0.2, -0.15) is 13.2 Å². The largest absolute Gasteiger partial charge is 0.488 e. The van der Waals surface area contributed by atoms with Crippen LogP contribution in [0.5, 0.6) is 5.75 Å². The third-order valence-corrected chi connectivity index (χ3v) is 4.14. The molecule has 0 saturated heterocycles. The van der Waals surface area contributed by atoms with E-state index < -0.39 is 11.7 Å². The van der Waals surface area contributed by atoms with Gasteiger partial charge < -0.3 is 9.15 Å². The molecule has 1 aromatic heterocycles. The average molecular weight is 362 g/mol. The Morgan fingerprint density at radius 2 is 1.88 bits per heavy atom. The predicted octanol–water partition coefficient (Wildman–Crippen LogP) is 5.26. The lowest BCUT2D eigenvalue weighted by Gasteiger charge is -2.12. The maximum absolute atomic E-state index is 12.8. The summed E-state index contributed by atoms with van der Waals surface area (Å²) in [5, 5.41) is 0.450. The summed E-state index contributed by atoms with van der Waals surface area (Å²) in [5.41, 5.74) is 0.642. The van der Waals surface area contributed by atoms with Gasteiger partial charge in [0, 0.05) is 18.1 Å². The van der Waals surface area contributed by atoms with Gasteiger partial charge in [-0.25, -0.2) is 0 Å². The van der Waals surface area contributed by atoms with E-state index in [1.165, 1.54) is 12.1 Å². The summed E-state index contributed by atoms with van der Waals surface area (Å²) in [7, 11) is 0. The van der Waals surface area contributed by atoms with Crippen molar-refractivity contribution in [3.63, 3.8) is 0 Å². The van der Waals surface area contributed by atoms with Crippen LogP contribution in [0.2, 0.25) is 0 Å². The highest BCUT2D eigenvalue weighted by molar-refractivity contribution is 5.81. The van der Waals surface area contributed by atoms with Gasteiger partial charge in [-0.3, -0.25) is 4.79 Å². The Balaban J connectivity index is 1.90. The maximum atomic E-state index is 12.8. The molecule has 0 fully saturated rings. The Hall–Kier alpha value is -2.76. The fourth-order valence-corrected chi connectivity index (χ4v) is 2.71. The first-order valence-corrected chi connectivity index (χ1v) is 8.15. The number of hydrogen-bond donors (Lipinski definition) is 0. The van der Waals surface area contributed by atoms with Crippen molar-refractivity contribution < 1.29 is 22.3 Å². The Morgan fingerprint density at radius 1 is 1.12 bits per heavy atom. The minimum Gasteiger partial charge on any atom is -0.488 e. The van der Waals surface area contributed by atoms with Gasteiger partial charge in [0.2, 0.25) is 0 Å². The molecule has 0 radical (unpaired) electrons. The van der Waals surface area contributed by atoms with Crippen LogP contribution in [0.3, 0.4) is 0 Å². The van der Waals surface area contributed by atoms with Gasteiger partial charge in [-0.1, -0.05) is 19.1 Å². The van der Waals surface area contributed by atoms with E-state index in [1.54, 1.807) is 25.1 Å². The van der Waals surface area contributed by atoms with Gasteiger partial charge in [-0.05, 0) is 36.8 Å². The second-order valence-electron chi connectivity index (χ2n) is 5.98. The number of halogens is 3. The molecule has 3 aromatic rings. The molecule has 2 aromatic carbocycles. The monoisotopic (exact) mass is 362 g/mol. The van der Waals surface area contributed by atoms with Crippen molar-refractivity contribution in [2.24, 2.45) is 0 Å². The molecule has 0 aliphatic carbocycles. The number of fused-ring (bicyclic) bond motifs is 1. The first-order valence-electron chi connectivity index (χ1n) is 8.15. The lowest BCUT2D eigenvalue weighted by atomic mass is 10.1. The second kappa shape index (κ2) is 6.86. The lowest BCUT2D eigenvalue weighted by molar-refractivity contribution is -0.137. The Bertz CT molecular complexity index is 1000. The van der Waals surface area contributed by atoms with Crippen LogP contribution in [0.4, 0.5) is 13.2 Å². The topological polar surface area (TPSA) is 39.4 Å². The van der Waals surface area contributed by atoms with Crippen LogP contribution >= 0.6 is 0 Å². The molecule has 0 aliphatic rings. The molecule has 0 saturated carbocycles. The minimum atomic E-state index is -4.39. The van der Waals surface area contributed by atoms with E-state index in [-0.39, 0.29) is 12.0 Å². The molecule has 0 unspecified atom stereocenters.